The van der Waals surface area contributed by atoms with E-state index >= 15 is 0 Å². The predicted molar refractivity (Wildman–Crippen MR) is 75.5 cm³/mol. The van der Waals surface area contributed by atoms with Crippen molar-refractivity contribution in [2.24, 2.45) is 0 Å². The molecule has 20 heavy (non-hydrogen) atoms. The molecule has 0 spiro atoms. The van der Waals surface area contributed by atoms with Gasteiger partial charge in [0.1, 0.15) is 5.75 Å². The van der Waals surface area contributed by atoms with E-state index in [1.54, 1.807) is 0 Å². The van der Waals surface area contributed by atoms with E-state index in [-0.39, 0.29) is 0 Å². The van der Waals surface area contributed by atoms with Gasteiger partial charge in [0.25, 0.3) is 0 Å². The highest BCUT2D eigenvalue weighted by Gasteiger charge is 2.04. The van der Waals surface area contributed by atoms with Crippen LogP contribution in [0.1, 0.15) is 12.0 Å². The number of nitrogens with one attached hydrogen (secondary N) is 1. The normalized spacial score (nSPS) is 9.35. The van der Waals surface area contributed by atoms with E-state index in [1.165, 1.54) is 0 Å². The summed E-state index contributed by atoms with van der Waals surface area (Å²) in [5.74, 6) is -2.76. The third-order valence-corrected chi connectivity index (χ3v) is 2.58. The minimum Gasteiger partial charge on any atom is -0.494 e. The Balaban J connectivity index is 0.000000511. The topological polar surface area (TPSA) is 95.9 Å². The highest BCUT2D eigenvalue weighted by molar-refractivity contribution is 6.31. The first-order valence-electron chi connectivity index (χ1n) is 5.88. The quantitative estimate of drug-likeness (QED) is 0.567. The van der Waals surface area contributed by atoms with Gasteiger partial charge in [-0.25, -0.2) is 9.59 Å². The van der Waals surface area contributed by atoms with Crippen molar-refractivity contribution < 1.29 is 24.5 Å². The number of ether oxygens (including phenoxy) is 1. The largest absolute Gasteiger partial charge is 0.494 e. The van der Waals surface area contributed by atoms with Gasteiger partial charge in [-0.15, -0.1) is 0 Å². The molecule has 112 valence electrons. The van der Waals surface area contributed by atoms with Crippen LogP contribution in [0.4, 0.5) is 0 Å². The maximum absolute atomic E-state index is 9.10. The lowest BCUT2D eigenvalue weighted by Crippen LogP contribution is -2.11. The first-order chi connectivity index (χ1) is 9.38. The molecule has 0 aliphatic carbocycles. The van der Waals surface area contributed by atoms with Crippen LogP contribution in [0.2, 0.25) is 5.02 Å². The zero-order valence-corrected chi connectivity index (χ0v) is 12.1. The van der Waals surface area contributed by atoms with Crippen LogP contribution in [0, 0.1) is 6.92 Å². The molecular formula is C13H18ClNO5. The monoisotopic (exact) mass is 303 g/mol. The molecule has 0 aliphatic rings. The molecule has 1 rings (SSSR count). The Morgan fingerprint density at radius 3 is 2.35 bits per heavy atom. The molecule has 3 N–H and O–H groups in total. The van der Waals surface area contributed by atoms with E-state index in [0.29, 0.717) is 0 Å². The second kappa shape index (κ2) is 10.1. The molecule has 6 nitrogen and oxygen atoms in total. The van der Waals surface area contributed by atoms with Crippen molar-refractivity contribution in [2.75, 3.05) is 20.2 Å². The van der Waals surface area contributed by atoms with Gasteiger partial charge in [-0.1, -0.05) is 11.6 Å². The third kappa shape index (κ3) is 8.34. The van der Waals surface area contributed by atoms with Gasteiger partial charge >= 0.3 is 11.9 Å². The van der Waals surface area contributed by atoms with Gasteiger partial charge in [0.2, 0.25) is 0 Å². The number of aliphatic carboxylic acids is 2. The molecule has 0 fully saturated rings. The minimum absolute atomic E-state index is 0.738. The van der Waals surface area contributed by atoms with Crippen molar-refractivity contribution in [3.63, 3.8) is 0 Å². The number of aryl methyl sites for hydroxylation is 1. The number of benzene rings is 1. The second-order valence-corrected chi connectivity index (χ2v) is 4.23. The first kappa shape index (κ1) is 18.2. The number of carboxylic acids is 2. The molecule has 0 amide bonds. The molecule has 0 bridgehead atoms. The minimum atomic E-state index is -1.82. The average Bonchev–Trinajstić information content (AvgIpc) is 2.39. The van der Waals surface area contributed by atoms with Crippen LogP contribution in [0.25, 0.3) is 0 Å². The fourth-order valence-electron chi connectivity index (χ4n) is 1.15. The Bertz CT molecular complexity index is 438. The Morgan fingerprint density at radius 2 is 1.90 bits per heavy atom. The van der Waals surface area contributed by atoms with Crippen LogP contribution in [0.15, 0.2) is 18.2 Å². The van der Waals surface area contributed by atoms with Gasteiger partial charge < -0.3 is 20.3 Å². The van der Waals surface area contributed by atoms with Crippen molar-refractivity contribution in [2.45, 2.75) is 13.3 Å². The van der Waals surface area contributed by atoms with E-state index in [2.05, 4.69) is 5.32 Å². The Hall–Kier alpha value is -1.79. The molecule has 0 aliphatic heterocycles. The standard InChI is InChI=1S/C11H16ClNO.C2H2O4/c1-9-8-10(4-5-11(9)12)14-7-3-6-13-2;3-1(4)2(5)6/h4-5,8,13H,3,6-7H2,1-2H3;(H,3,4)(H,5,6). The fraction of sp³-hybridized carbons (Fsp3) is 0.385. The summed E-state index contributed by atoms with van der Waals surface area (Å²) in [7, 11) is 1.94. The Morgan fingerprint density at radius 1 is 1.30 bits per heavy atom. The summed E-state index contributed by atoms with van der Waals surface area (Å²) in [4.78, 5) is 18.2. The predicted octanol–water partition coefficient (Wildman–Crippen LogP) is 1.79. The van der Waals surface area contributed by atoms with E-state index < -0.39 is 11.9 Å². The number of carboxylic acid groups (broad SMARTS) is 2. The number of hydrogen-bond donors (Lipinski definition) is 3. The van der Waals surface area contributed by atoms with Gasteiger partial charge in [-0.2, -0.15) is 0 Å². The molecule has 0 unspecified atom stereocenters. The molecule has 0 atom stereocenters. The van der Waals surface area contributed by atoms with E-state index in [1.807, 2.05) is 32.2 Å². The van der Waals surface area contributed by atoms with E-state index in [4.69, 9.17) is 36.1 Å². The molecule has 0 saturated carbocycles. The molecule has 0 aromatic heterocycles. The van der Waals surface area contributed by atoms with Crippen LogP contribution in [0.3, 0.4) is 0 Å². The lowest BCUT2D eigenvalue weighted by Gasteiger charge is -2.07. The smallest absolute Gasteiger partial charge is 0.414 e. The summed E-state index contributed by atoms with van der Waals surface area (Å²) < 4.78 is 5.55. The summed E-state index contributed by atoms with van der Waals surface area (Å²) in [5.41, 5.74) is 1.05. The number of halogens is 1. The molecule has 1 aromatic carbocycles. The maximum Gasteiger partial charge on any atom is 0.414 e. The van der Waals surface area contributed by atoms with Crippen molar-refractivity contribution >= 4 is 23.5 Å². The van der Waals surface area contributed by atoms with Gasteiger partial charge in [0, 0.05) is 5.02 Å². The zero-order chi connectivity index (χ0) is 15.5. The molecule has 0 saturated heterocycles. The summed E-state index contributed by atoms with van der Waals surface area (Å²) in [6, 6.07) is 5.72. The average molecular weight is 304 g/mol. The van der Waals surface area contributed by atoms with Crippen molar-refractivity contribution in [1.82, 2.24) is 5.32 Å². The lowest BCUT2D eigenvalue weighted by molar-refractivity contribution is -0.159. The maximum atomic E-state index is 9.10. The number of hydrogen-bond acceptors (Lipinski definition) is 4. The fourth-order valence-corrected chi connectivity index (χ4v) is 1.26. The van der Waals surface area contributed by atoms with Crippen molar-refractivity contribution in [1.29, 1.82) is 0 Å². The van der Waals surface area contributed by atoms with Gasteiger partial charge in [0.05, 0.1) is 6.61 Å². The SMILES string of the molecule is CNCCCOc1ccc(Cl)c(C)c1.O=C(O)C(=O)O. The summed E-state index contributed by atoms with van der Waals surface area (Å²) >= 11 is 5.90. The Kier molecular flexibility index (Phi) is 9.15. The first-order valence-corrected chi connectivity index (χ1v) is 6.26. The van der Waals surface area contributed by atoms with Crippen LogP contribution < -0.4 is 10.1 Å². The number of carbonyl (C=O) groups is 2. The lowest BCUT2D eigenvalue weighted by atomic mass is 10.2. The summed E-state index contributed by atoms with van der Waals surface area (Å²) in [6.07, 6.45) is 1.01. The van der Waals surface area contributed by atoms with Crippen molar-refractivity contribution in [3.8, 4) is 5.75 Å². The molecule has 1 aromatic rings. The Labute approximate surface area is 122 Å². The van der Waals surface area contributed by atoms with Gasteiger partial charge in [0.15, 0.2) is 0 Å². The summed E-state index contributed by atoms with van der Waals surface area (Å²) in [5, 5.41) is 18.6. The highest BCUT2D eigenvalue weighted by atomic mass is 35.5. The van der Waals surface area contributed by atoms with Crippen LogP contribution >= 0.6 is 11.6 Å². The van der Waals surface area contributed by atoms with E-state index in [0.717, 1.165) is 35.9 Å². The molecule has 0 heterocycles. The zero-order valence-electron chi connectivity index (χ0n) is 11.4. The van der Waals surface area contributed by atoms with Crippen molar-refractivity contribution in [3.05, 3.63) is 28.8 Å². The van der Waals surface area contributed by atoms with Crippen LogP contribution in [0.5, 0.6) is 5.75 Å². The van der Waals surface area contributed by atoms with Crippen LogP contribution in [-0.4, -0.2) is 42.4 Å². The second-order valence-electron chi connectivity index (χ2n) is 3.83. The van der Waals surface area contributed by atoms with Gasteiger partial charge in [-0.3, -0.25) is 0 Å². The molecule has 7 heteroatoms. The third-order valence-electron chi connectivity index (χ3n) is 2.15. The number of rotatable bonds is 5. The van der Waals surface area contributed by atoms with E-state index in [9.17, 15) is 0 Å². The highest BCUT2D eigenvalue weighted by Crippen LogP contribution is 2.20. The van der Waals surface area contributed by atoms with Gasteiger partial charge in [-0.05, 0) is 50.7 Å². The van der Waals surface area contributed by atoms with Crippen LogP contribution in [-0.2, 0) is 9.59 Å². The molecular weight excluding hydrogens is 286 g/mol. The molecule has 0 radical (unpaired) electrons. The summed E-state index contributed by atoms with van der Waals surface area (Å²) in [6.45, 7) is 3.69.